The van der Waals surface area contributed by atoms with Gasteiger partial charge in [-0.1, -0.05) is 36.9 Å². The van der Waals surface area contributed by atoms with Crippen molar-refractivity contribution < 1.29 is 9.90 Å². The molecule has 2 aromatic heterocycles. The van der Waals surface area contributed by atoms with Crippen LogP contribution in [0.4, 0.5) is 0 Å². The van der Waals surface area contributed by atoms with Gasteiger partial charge in [-0.2, -0.15) is 0 Å². The Morgan fingerprint density at radius 1 is 1.33 bits per heavy atom. The van der Waals surface area contributed by atoms with E-state index in [1.807, 2.05) is 24.3 Å². The molecule has 0 radical (unpaired) electrons. The Balaban J connectivity index is 2.16. The fourth-order valence-electron chi connectivity index (χ4n) is 2.32. The predicted molar refractivity (Wildman–Crippen MR) is 78.9 cm³/mol. The van der Waals surface area contributed by atoms with Gasteiger partial charge in [-0.05, 0) is 12.5 Å². The van der Waals surface area contributed by atoms with E-state index < -0.39 is 5.97 Å². The summed E-state index contributed by atoms with van der Waals surface area (Å²) in [6.07, 6.45) is 0.972. The maximum atomic E-state index is 10.5. The zero-order valence-electron chi connectivity index (χ0n) is 11.4. The Labute approximate surface area is 125 Å². The molecular formula is C14H13N4O2S-. The highest BCUT2D eigenvalue weighted by molar-refractivity contribution is 7.99. The largest absolute Gasteiger partial charge is 0.549 e. The number of hydrogen-bond acceptors (Lipinski definition) is 6. The van der Waals surface area contributed by atoms with Gasteiger partial charge in [0.25, 0.3) is 0 Å². The van der Waals surface area contributed by atoms with Crippen LogP contribution < -0.4 is 5.11 Å². The van der Waals surface area contributed by atoms with Crippen LogP contribution in [0.25, 0.3) is 22.1 Å². The van der Waals surface area contributed by atoms with Crippen molar-refractivity contribution in [2.75, 3.05) is 5.75 Å². The summed E-state index contributed by atoms with van der Waals surface area (Å²) < 4.78 is 2.10. The number of para-hydroxylation sites is 1. The SMILES string of the molecule is CCCn1c2ccccc2c2nnc(SCC(=O)[O-])nc21. The molecule has 0 unspecified atom stereocenters. The number of carbonyl (C=O) groups is 1. The normalized spacial score (nSPS) is 11.3. The van der Waals surface area contributed by atoms with Gasteiger partial charge in [-0.15, -0.1) is 10.2 Å². The average molecular weight is 301 g/mol. The predicted octanol–water partition coefficient (Wildman–Crippen LogP) is 1.23. The Morgan fingerprint density at radius 2 is 2.14 bits per heavy atom. The van der Waals surface area contributed by atoms with Gasteiger partial charge in [-0.3, -0.25) is 0 Å². The van der Waals surface area contributed by atoms with Gasteiger partial charge in [0.15, 0.2) is 5.65 Å². The molecule has 3 aromatic rings. The molecular weight excluding hydrogens is 288 g/mol. The third kappa shape index (κ3) is 2.56. The molecule has 0 aliphatic carbocycles. The molecule has 0 N–H and O–H groups in total. The monoisotopic (exact) mass is 301 g/mol. The standard InChI is InChI=1S/C14H14N4O2S/c1-2-7-18-10-6-4-3-5-9(10)12-13(18)15-14(17-16-12)21-8-11(19)20/h3-6H,2,7-8H2,1H3,(H,19,20)/p-1. The number of rotatable bonds is 5. The molecule has 0 saturated carbocycles. The van der Waals surface area contributed by atoms with E-state index in [9.17, 15) is 9.90 Å². The summed E-state index contributed by atoms with van der Waals surface area (Å²) in [6.45, 7) is 2.92. The van der Waals surface area contributed by atoms with Crippen LogP contribution in [0.3, 0.4) is 0 Å². The van der Waals surface area contributed by atoms with Crippen molar-refractivity contribution in [2.24, 2.45) is 0 Å². The Morgan fingerprint density at radius 3 is 2.90 bits per heavy atom. The molecule has 0 spiro atoms. The molecule has 0 atom stereocenters. The number of carboxylic acid groups (broad SMARTS) is 1. The van der Waals surface area contributed by atoms with E-state index in [-0.39, 0.29) is 5.75 Å². The van der Waals surface area contributed by atoms with E-state index in [0.717, 1.165) is 46.8 Å². The zero-order chi connectivity index (χ0) is 14.8. The van der Waals surface area contributed by atoms with Crippen LogP contribution in [-0.4, -0.2) is 31.5 Å². The van der Waals surface area contributed by atoms with E-state index in [2.05, 4.69) is 26.7 Å². The first-order valence-electron chi connectivity index (χ1n) is 6.65. The van der Waals surface area contributed by atoms with Crippen LogP contribution >= 0.6 is 11.8 Å². The van der Waals surface area contributed by atoms with Gasteiger partial charge in [-0.25, -0.2) is 4.98 Å². The number of carbonyl (C=O) groups excluding carboxylic acids is 1. The van der Waals surface area contributed by atoms with Crippen LogP contribution in [-0.2, 0) is 11.3 Å². The van der Waals surface area contributed by atoms with Crippen molar-refractivity contribution >= 4 is 39.8 Å². The first-order valence-corrected chi connectivity index (χ1v) is 7.63. The third-order valence-electron chi connectivity index (χ3n) is 3.12. The lowest BCUT2D eigenvalue weighted by Crippen LogP contribution is -2.24. The molecule has 0 aliphatic rings. The van der Waals surface area contributed by atoms with Gasteiger partial charge in [0.2, 0.25) is 5.16 Å². The van der Waals surface area contributed by atoms with E-state index >= 15 is 0 Å². The average Bonchev–Trinajstić information content (AvgIpc) is 2.80. The second-order valence-corrected chi connectivity index (χ2v) is 5.54. The highest BCUT2D eigenvalue weighted by atomic mass is 32.2. The topological polar surface area (TPSA) is 83.7 Å². The number of fused-ring (bicyclic) bond motifs is 3. The summed E-state index contributed by atoms with van der Waals surface area (Å²) in [4.78, 5) is 15.0. The number of nitrogens with zero attached hydrogens (tertiary/aromatic N) is 4. The fraction of sp³-hybridized carbons (Fsp3) is 0.286. The van der Waals surface area contributed by atoms with Crippen LogP contribution in [0.1, 0.15) is 13.3 Å². The number of aryl methyl sites for hydroxylation is 1. The summed E-state index contributed by atoms with van der Waals surface area (Å²) in [6, 6.07) is 7.96. The maximum Gasteiger partial charge on any atom is 0.211 e. The van der Waals surface area contributed by atoms with E-state index in [1.165, 1.54) is 0 Å². The summed E-state index contributed by atoms with van der Waals surface area (Å²) in [5.74, 6) is -1.32. The molecule has 0 aliphatic heterocycles. The Hall–Kier alpha value is -2.15. The van der Waals surface area contributed by atoms with E-state index in [1.54, 1.807) is 0 Å². The van der Waals surface area contributed by atoms with Gasteiger partial charge in [0, 0.05) is 17.7 Å². The van der Waals surface area contributed by atoms with Gasteiger partial charge in [0.05, 0.1) is 11.5 Å². The number of carboxylic acids is 1. The van der Waals surface area contributed by atoms with Gasteiger partial charge < -0.3 is 14.5 Å². The first kappa shape index (κ1) is 13.8. The molecule has 1 aromatic carbocycles. The summed E-state index contributed by atoms with van der Waals surface area (Å²) >= 11 is 1.02. The minimum Gasteiger partial charge on any atom is -0.549 e. The van der Waals surface area contributed by atoms with Crippen LogP contribution in [0, 0.1) is 0 Å². The molecule has 0 fully saturated rings. The molecule has 0 bridgehead atoms. The van der Waals surface area contributed by atoms with Crippen LogP contribution in [0.15, 0.2) is 29.4 Å². The number of benzene rings is 1. The lowest BCUT2D eigenvalue weighted by molar-refractivity contribution is -0.301. The highest BCUT2D eigenvalue weighted by Crippen LogP contribution is 2.27. The van der Waals surface area contributed by atoms with Crippen molar-refractivity contribution in [3.05, 3.63) is 24.3 Å². The van der Waals surface area contributed by atoms with Crippen molar-refractivity contribution in [1.29, 1.82) is 0 Å². The van der Waals surface area contributed by atoms with Crippen molar-refractivity contribution in [3.8, 4) is 0 Å². The van der Waals surface area contributed by atoms with Crippen molar-refractivity contribution in [2.45, 2.75) is 25.0 Å². The number of aromatic nitrogens is 4. The first-order chi connectivity index (χ1) is 10.2. The summed E-state index contributed by atoms with van der Waals surface area (Å²) in [7, 11) is 0. The zero-order valence-corrected chi connectivity index (χ0v) is 12.3. The Kier molecular flexibility index (Phi) is 3.74. The van der Waals surface area contributed by atoms with Crippen LogP contribution in [0.2, 0.25) is 0 Å². The number of aliphatic carboxylic acids is 1. The maximum absolute atomic E-state index is 10.5. The molecule has 3 rings (SSSR count). The molecule has 6 nitrogen and oxygen atoms in total. The molecule has 2 heterocycles. The smallest absolute Gasteiger partial charge is 0.211 e. The van der Waals surface area contributed by atoms with Crippen molar-refractivity contribution in [1.82, 2.24) is 19.7 Å². The van der Waals surface area contributed by atoms with Crippen molar-refractivity contribution in [3.63, 3.8) is 0 Å². The molecule has 0 amide bonds. The minimum atomic E-state index is -1.14. The Bertz CT molecular complexity index is 815. The number of hydrogen-bond donors (Lipinski definition) is 0. The minimum absolute atomic E-state index is 0.179. The van der Waals surface area contributed by atoms with E-state index in [0.29, 0.717) is 5.16 Å². The second-order valence-electron chi connectivity index (χ2n) is 4.60. The molecule has 108 valence electrons. The molecule has 21 heavy (non-hydrogen) atoms. The molecule has 0 saturated heterocycles. The second kappa shape index (κ2) is 5.69. The quantitative estimate of drug-likeness (QED) is 0.659. The van der Waals surface area contributed by atoms with Gasteiger partial charge in [0.1, 0.15) is 5.52 Å². The van der Waals surface area contributed by atoms with E-state index in [4.69, 9.17) is 0 Å². The highest BCUT2D eigenvalue weighted by Gasteiger charge is 2.14. The number of thioether (sulfide) groups is 1. The van der Waals surface area contributed by atoms with Gasteiger partial charge >= 0.3 is 0 Å². The summed E-state index contributed by atoms with van der Waals surface area (Å²) in [5.41, 5.74) is 2.56. The van der Waals surface area contributed by atoms with Crippen LogP contribution in [0.5, 0.6) is 0 Å². The third-order valence-corrected chi connectivity index (χ3v) is 3.93. The fourth-order valence-corrected chi connectivity index (χ4v) is 2.82. The summed E-state index contributed by atoms with van der Waals surface area (Å²) in [5, 5.41) is 20.1. The lowest BCUT2D eigenvalue weighted by atomic mass is 10.2. The molecule has 7 heteroatoms. The lowest BCUT2D eigenvalue weighted by Gasteiger charge is -2.04.